The van der Waals surface area contributed by atoms with Crippen molar-refractivity contribution in [3.63, 3.8) is 0 Å². The molecule has 9 nitrogen and oxygen atoms in total. The average Bonchev–Trinajstić information content (AvgIpc) is 3.22. The molecule has 10 heteroatoms. The van der Waals surface area contributed by atoms with E-state index in [0.717, 1.165) is 23.4 Å². The molecule has 2 heterocycles. The van der Waals surface area contributed by atoms with E-state index in [0.29, 0.717) is 5.71 Å². The van der Waals surface area contributed by atoms with Crippen LogP contribution in [0.15, 0.2) is 36.1 Å². The molecule has 1 atom stereocenters. The second-order valence-corrected chi connectivity index (χ2v) is 9.51. The van der Waals surface area contributed by atoms with Gasteiger partial charge in [0.15, 0.2) is 0 Å². The lowest BCUT2D eigenvalue weighted by Crippen LogP contribution is -2.50. The van der Waals surface area contributed by atoms with Gasteiger partial charge in [-0.25, -0.2) is 17.9 Å². The molecule has 2 aliphatic carbocycles. The summed E-state index contributed by atoms with van der Waals surface area (Å²) in [7, 11) is -0.512. The van der Waals surface area contributed by atoms with E-state index in [1.54, 1.807) is 30.1 Å². The van der Waals surface area contributed by atoms with Gasteiger partial charge in [0.25, 0.3) is 0 Å². The minimum Gasteiger partial charge on any atom is -0.269 e. The van der Waals surface area contributed by atoms with Crippen LogP contribution in [0.4, 0.5) is 4.79 Å². The summed E-state index contributed by atoms with van der Waals surface area (Å²) in [6.07, 6.45) is 7.70. The lowest BCUT2D eigenvalue weighted by atomic mass is 10.00. The maximum Gasteiger partial charge on any atom is 0.501 e. The van der Waals surface area contributed by atoms with Crippen molar-refractivity contribution >= 4 is 27.7 Å². The van der Waals surface area contributed by atoms with Crippen LogP contribution in [-0.4, -0.2) is 63.2 Å². The number of hydrogen-bond acceptors (Lipinski definition) is 5. The summed E-state index contributed by atoms with van der Waals surface area (Å²) in [5, 5.41) is 3.13. The molecular formula is C18H22N5O4S+. The van der Waals surface area contributed by atoms with Crippen molar-refractivity contribution in [3.05, 3.63) is 41.8 Å². The predicted octanol–water partition coefficient (Wildman–Crippen LogP) is 0.302. The number of aromatic nitrogens is 2. The van der Waals surface area contributed by atoms with Crippen molar-refractivity contribution in [3.8, 4) is 0 Å². The number of aryl methyl sites for hydroxylation is 1. The Morgan fingerprint density at radius 3 is 2.64 bits per heavy atom. The number of allylic oxidation sites excluding steroid dienone is 1. The van der Waals surface area contributed by atoms with Gasteiger partial charge in [-0.05, 0) is 38.0 Å². The minimum atomic E-state index is -3.67. The molecule has 1 saturated carbocycles. The number of amides is 3. The molecule has 0 radical (unpaired) electrons. The Hall–Kier alpha value is -2.59. The predicted molar refractivity (Wildman–Crippen MR) is 101 cm³/mol. The summed E-state index contributed by atoms with van der Waals surface area (Å²) >= 11 is 0. The number of urea groups is 1. The number of sulfonamides is 1. The molecule has 28 heavy (non-hydrogen) atoms. The molecule has 0 saturated heterocycles. The summed E-state index contributed by atoms with van der Waals surface area (Å²) in [5.74, 6) is -0.511. The van der Waals surface area contributed by atoms with Crippen LogP contribution in [0.25, 0.3) is 0 Å². The molecular weight excluding hydrogens is 382 g/mol. The minimum absolute atomic E-state index is 0.211. The van der Waals surface area contributed by atoms with E-state index in [1.165, 1.54) is 23.8 Å². The van der Waals surface area contributed by atoms with Crippen LogP contribution < -0.4 is 4.72 Å². The largest absolute Gasteiger partial charge is 0.501 e. The highest BCUT2D eigenvalue weighted by atomic mass is 32.2. The van der Waals surface area contributed by atoms with Crippen LogP contribution in [0.5, 0.6) is 0 Å². The van der Waals surface area contributed by atoms with Crippen LogP contribution >= 0.6 is 0 Å². The molecule has 1 fully saturated rings. The van der Waals surface area contributed by atoms with Crippen LogP contribution in [0.3, 0.4) is 0 Å². The highest BCUT2D eigenvalue weighted by Crippen LogP contribution is 2.36. The number of hydrogen-bond donors (Lipinski definition) is 1. The van der Waals surface area contributed by atoms with Crippen molar-refractivity contribution in [2.45, 2.75) is 37.1 Å². The second-order valence-electron chi connectivity index (χ2n) is 7.68. The number of likely N-dealkylation sites (N-methyl/N-ethyl adjacent to an activating group) is 1. The van der Waals surface area contributed by atoms with Gasteiger partial charge in [0.2, 0.25) is 10.0 Å². The van der Waals surface area contributed by atoms with Crippen molar-refractivity contribution in [1.82, 2.24) is 19.4 Å². The quantitative estimate of drug-likeness (QED) is 0.711. The summed E-state index contributed by atoms with van der Waals surface area (Å²) in [5.41, 5.74) is 1.00. The first-order valence-electron chi connectivity index (χ1n) is 8.98. The highest BCUT2D eigenvalue weighted by Gasteiger charge is 2.46. The van der Waals surface area contributed by atoms with Gasteiger partial charge in [-0.1, -0.05) is 6.08 Å². The van der Waals surface area contributed by atoms with E-state index in [1.807, 2.05) is 6.92 Å². The Morgan fingerprint density at radius 1 is 1.32 bits per heavy atom. The topological polar surface area (TPSA) is 104 Å². The monoisotopic (exact) mass is 404 g/mol. The maximum atomic E-state index is 12.7. The van der Waals surface area contributed by atoms with Crippen LogP contribution in [0, 0.1) is 0 Å². The van der Waals surface area contributed by atoms with Gasteiger partial charge in [0.1, 0.15) is 23.1 Å². The van der Waals surface area contributed by atoms with Crippen LogP contribution in [0.2, 0.25) is 0 Å². The number of fused-ring (bicyclic) bond motifs is 1. The second kappa shape index (κ2) is 6.21. The van der Waals surface area contributed by atoms with Crippen molar-refractivity contribution in [2.24, 2.45) is 7.05 Å². The fourth-order valence-electron chi connectivity index (χ4n) is 3.31. The number of nitrogens with zero attached hydrogens (tertiary/aromatic N) is 4. The molecule has 0 bridgehead atoms. The van der Waals surface area contributed by atoms with Gasteiger partial charge in [0, 0.05) is 18.8 Å². The third-order valence-corrected chi connectivity index (χ3v) is 7.17. The molecule has 1 unspecified atom stereocenters. The molecule has 3 aliphatic rings. The Kier molecular flexibility index (Phi) is 4.16. The zero-order chi connectivity index (χ0) is 20.3. The molecule has 0 spiro atoms. The van der Waals surface area contributed by atoms with Crippen LogP contribution in [0.1, 0.15) is 25.5 Å². The Bertz CT molecular complexity index is 1080. The van der Waals surface area contributed by atoms with Gasteiger partial charge < -0.3 is 0 Å². The lowest BCUT2D eigenvalue weighted by molar-refractivity contribution is -0.453. The fraction of sp³-hybridized carbons (Fsp3) is 0.444. The van der Waals surface area contributed by atoms with Gasteiger partial charge in [0.05, 0.1) is 12.7 Å². The van der Waals surface area contributed by atoms with Crippen molar-refractivity contribution in [1.29, 1.82) is 0 Å². The third-order valence-electron chi connectivity index (χ3n) is 5.38. The van der Waals surface area contributed by atoms with E-state index in [9.17, 15) is 18.0 Å². The first-order valence-corrected chi connectivity index (χ1v) is 10.5. The van der Waals surface area contributed by atoms with Gasteiger partial charge in [-0.2, -0.15) is 19.4 Å². The molecule has 4 rings (SSSR count). The third kappa shape index (κ3) is 3.12. The first-order chi connectivity index (χ1) is 13.1. The summed E-state index contributed by atoms with van der Waals surface area (Å²) in [6.45, 7) is 2.08. The maximum absolute atomic E-state index is 12.7. The van der Waals surface area contributed by atoms with Gasteiger partial charge in [-0.15, -0.1) is 0 Å². The smallest absolute Gasteiger partial charge is 0.269 e. The first kappa shape index (κ1) is 18.8. The number of nitrogens with one attached hydrogen (secondary N) is 1. The van der Waals surface area contributed by atoms with E-state index < -0.39 is 32.8 Å². The van der Waals surface area contributed by atoms with Crippen molar-refractivity contribution < 1.29 is 22.6 Å². The zero-order valence-corrected chi connectivity index (χ0v) is 16.7. The fourth-order valence-corrected chi connectivity index (χ4v) is 4.94. The summed E-state index contributed by atoms with van der Waals surface area (Å²) in [4.78, 5) is 26.4. The highest BCUT2D eigenvalue weighted by molar-refractivity contribution is 7.90. The average molecular weight is 404 g/mol. The standard InChI is InChI=1S/C18H22N5O4S/c1-18(7-8-18)20-28(26,27)13-4-5-15-14(10-13)16(24)21(2)17(25)23(15)11-12-6-9-19-22(12)3/h4-6,9-10,13,20H,7-8,11H2,1-3H3/q+1. The zero-order valence-electron chi connectivity index (χ0n) is 15.9. The lowest BCUT2D eigenvalue weighted by Gasteiger charge is -2.25. The SMILES string of the molecule is CN1C(=O)C2=CC(S(=O)(=O)NC3(C)CC3)C=CC2=[N+](Cc2ccnn2C)C1=O. The number of imide groups is 1. The Labute approximate surface area is 163 Å². The van der Waals surface area contributed by atoms with E-state index in [4.69, 9.17) is 0 Å². The number of rotatable bonds is 5. The van der Waals surface area contributed by atoms with Gasteiger partial charge >= 0.3 is 11.9 Å². The molecule has 3 amide bonds. The van der Waals surface area contributed by atoms with E-state index >= 15 is 0 Å². The molecule has 0 aromatic carbocycles. The van der Waals surface area contributed by atoms with E-state index in [2.05, 4.69) is 9.82 Å². The molecule has 1 aliphatic heterocycles. The van der Waals surface area contributed by atoms with E-state index in [-0.39, 0.29) is 12.1 Å². The molecule has 1 aromatic heterocycles. The Balaban J connectivity index is 1.73. The van der Waals surface area contributed by atoms with Crippen molar-refractivity contribution in [2.75, 3.05) is 7.05 Å². The van der Waals surface area contributed by atoms with Crippen LogP contribution in [-0.2, 0) is 28.4 Å². The number of carbonyl (C=O) groups excluding carboxylic acids is 2. The number of carbonyl (C=O) groups is 2. The Morgan fingerprint density at radius 2 is 2.04 bits per heavy atom. The molecule has 1 aromatic rings. The summed E-state index contributed by atoms with van der Waals surface area (Å²) < 4.78 is 31.3. The molecule has 1 N–H and O–H groups in total. The molecule has 148 valence electrons. The normalized spacial score (nSPS) is 23.8. The van der Waals surface area contributed by atoms with Gasteiger partial charge in [-0.3, -0.25) is 4.68 Å². The summed E-state index contributed by atoms with van der Waals surface area (Å²) in [6, 6.07) is 1.32.